The van der Waals surface area contributed by atoms with E-state index in [4.69, 9.17) is 4.98 Å². The molecule has 0 aliphatic carbocycles. The van der Waals surface area contributed by atoms with Gasteiger partial charge in [-0.15, -0.1) is 35.1 Å². The van der Waals surface area contributed by atoms with Gasteiger partial charge in [-0.3, -0.25) is 24.2 Å². The van der Waals surface area contributed by atoms with Crippen molar-refractivity contribution in [3.63, 3.8) is 0 Å². The van der Waals surface area contributed by atoms with Crippen molar-refractivity contribution in [1.82, 2.24) is 14.8 Å². The number of carbonyl (C=O) groups is 3. The van der Waals surface area contributed by atoms with Crippen LogP contribution in [0.4, 0.5) is 5.00 Å². The summed E-state index contributed by atoms with van der Waals surface area (Å²) in [6.07, 6.45) is 1.27. The normalized spacial score (nSPS) is 16.3. The Morgan fingerprint density at radius 3 is 2.59 bits per heavy atom. The van der Waals surface area contributed by atoms with Gasteiger partial charge in [0.05, 0.1) is 10.2 Å². The van der Waals surface area contributed by atoms with E-state index in [1.54, 1.807) is 22.7 Å². The molecule has 2 aromatic heterocycles. The Morgan fingerprint density at radius 2 is 1.88 bits per heavy atom. The maximum atomic E-state index is 12.8. The first-order valence-corrected chi connectivity index (χ1v) is 12.0. The SMILES string of the molecule is CCN1CCc2c(sc(NC(=O)CN3C(=O)CCC3=O)c2-c2nc3ccccc3s2)C1.Cl. The van der Waals surface area contributed by atoms with Crippen LogP contribution < -0.4 is 5.32 Å². The molecular formula is C22H23ClN4O3S2. The van der Waals surface area contributed by atoms with Gasteiger partial charge in [0.25, 0.3) is 0 Å². The maximum absolute atomic E-state index is 12.8. The average Bonchev–Trinajstić information content (AvgIpc) is 3.43. The highest BCUT2D eigenvalue weighted by atomic mass is 35.5. The molecule has 3 aromatic rings. The summed E-state index contributed by atoms with van der Waals surface area (Å²) in [4.78, 5) is 46.1. The van der Waals surface area contributed by atoms with Crippen LogP contribution in [0.5, 0.6) is 0 Å². The van der Waals surface area contributed by atoms with Crippen LogP contribution in [0.3, 0.4) is 0 Å². The standard InChI is InChI=1S/C22H22N4O3S2.ClH/c1-2-25-10-9-13-16(11-25)31-22(24-17(27)12-26-18(28)7-8-19(26)29)20(13)21-23-14-5-3-4-6-15(14)30-21;/h3-6H,2,7-12H2,1H3,(H,24,27);1H. The number of fused-ring (bicyclic) bond motifs is 2. The fourth-order valence-electron chi connectivity index (χ4n) is 4.13. The van der Waals surface area contributed by atoms with Crippen molar-refractivity contribution in [1.29, 1.82) is 0 Å². The van der Waals surface area contributed by atoms with E-state index in [0.29, 0.717) is 0 Å². The number of likely N-dealkylation sites (N-methyl/N-ethyl adjacent to an activating group) is 1. The predicted molar refractivity (Wildman–Crippen MR) is 129 cm³/mol. The summed E-state index contributed by atoms with van der Waals surface area (Å²) in [5.41, 5.74) is 3.18. The van der Waals surface area contributed by atoms with Crippen molar-refractivity contribution in [2.45, 2.75) is 32.7 Å². The van der Waals surface area contributed by atoms with Crippen molar-refractivity contribution in [2.24, 2.45) is 0 Å². The minimum atomic E-state index is -0.350. The Morgan fingerprint density at radius 1 is 1.12 bits per heavy atom. The molecule has 3 amide bonds. The van der Waals surface area contributed by atoms with Gasteiger partial charge in [-0.2, -0.15) is 0 Å². The Balaban J connectivity index is 0.00000245. The van der Waals surface area contributed by atoms with E-state index in [-0.39, 0.29) is 49.5 Å². The zero-order valence-electron chi connectivity index (χ0n) is 17.6. The number of nitrogens with one attached hydrogen (secondary N) is 1. The van der Waals surface area contributed by atoms with Gasteiger partial charge in [-0.05, 0) is 30.7 Å². The van der Waals surface area contributed by atoms with Gasteiger partial charge >= 0.3 is 0 Å². The van der Waals surface area contributed by atoms with Crippen molar-refractivity contribution < 1.29 is 14.4 Å². The first-order chi connectivity index (χ1) is 15.0. The lowest BCUT2D eigenvalue weighted by Crippen LogP contribution is -2.36. The minimum Gasteiger partial charge on any atom is -0.316 e. The highest BCUT2D eigenvalue weighted by molar-refractivity contribution is 7.22. The number of thiazole rings is 1. The molecule has 32 heavy (non-hydrogen) atoms. The molecule has 0 unspecified atom stereocenters. The third-order valence-corrected chi connectivity index (χ3v) is 7.99. The van der Waals surface area contributed by atoms with Crippen LogP contribution in [-0.2, 0) is 27.3 Å². The lowest BCUT2D eigenvalue weighted by molar-refractivity contribution is -0.141. The van der Waals surface area contributed by atoms with Crippen LogP contribution in [0.2, 0.25) is 0 Å². The number of hydrogen-bond acceptors (Lipinski definition) is 7. The Bertz CT molecular complexity index is 1160. The Kier molecular flexibility index (Phi) is 6.62. The molecule has 0 saturated carbocycles. The minimum absolute atomic E-state index is 0. The summed E-state index contributed by atoms with van der Waals surface area (Å²) in [5, 5.41) is 4.64. The summed E-state index contributed by atoms with van der Waals surface area (Å²) < 4.78 is 1.11. The van der Waals surface area contributed by atoms with E-state index < -0.39 is 0 Å². The second-order valence-electron chi connectivity index (χ2n) is 7.74. The fourth-order valence-corrected chi connectivity index (χ4v) is 6.55. The number of nitrogens with zero attached hydrogens (tertiary/aromatic N) is 3. The van der Waals surface area contributed by atoms with Gasteiger partial charge in [0.15, 0.2) is 0 Å². The average molecular weight is 491 g/mol. The van der Waals surface area contributed by atoms with E-state index in [1.807, 2.05) is 18.2 Å². The number of anilines is 1. The third-order valence-electron chi connectivity index (χ3n) is 5.80. The highest BCUT2D eigenvalue weighted by Crippen LogP contribution is 2.45. The molecule has 2 aliphatic rings. The van der Waals surface area contributed by atoms with Crippen molar-refractivity contribution in [2.75, 3.05) is 25.0 Å². The van der Waals surface area contributed by atoms with Crippen LogP contribution in [0.15, 0.2) is 24.3 Å². The van der Waals surface area contributed by atoms with Gasteiger partial charge in [0.2, 0.25) is 17.7 Å². The number of para-hydroxylation sites is 1. The first kappa shape index (κ1) is 22.8. The summed E-state index contributed by atoms with van der Waals surface area (Å²) in [7, 11) is 0. The molecule has 1 aromatic carbocycles. The van der Waals surface area contributed by atoms with E-state index in [9.17, 15) is 14.4 Å². The Labute approximate surface area is 199 Å². The molecule has 4 heterocycles. The van der Waals surface area contributed by atoms with Gasteiger partial charge in [0, 0.05) is 36.4 Å². The van der Waals surface area contributed by atoms with E-state index in [2.05, 4.69) is 23.2 Å². The topological polar surface area (TPSA) is 82.6 Å². The van der Waals surface area contributed by atoms with Gasteiger partial charge in [0.1, 0.15) is 16.6 Å². The zero-order chi connectivity index (χ0) is 21.5. The number of amides is 3. The molecule has 0 atom stereocenters. The van der Waals surface area contributed by atoms with E-state index in [1.165, 1.54) is 10.4 Å². The number of rotatable bonds is 5. The van der Waals surface area contributed by atoms with Gasteiger partial charge in [-0.25, -0.2) is 4.98 Å². The van der Waals surface area contributed by atoms with Crippen molar-refractivity contribution in [3.8, 4) is 10.6 Å². The summed E-state index contributed by atoms with van der Waals surface area (Å²) in [6, 6.07) is 8.02. The molecule has 5 rings (SSSR count). The molecule has 0 bridgehead atoms. The molecule has 2 aliphatic heterocycles. The summed E-state index contributed by atoms with van der Waals surface area (Å²) >= 11 is 3.20. The number of thiophene rings is 1. The number of imide groups is 1. The molecule has 7 nitrogen and oxygen atoms in total. The quantitative estimate of drug-likeness (QED) is 0.548. The molecule has 168 valence electrons. The number of hydrogen-bond donors (Lipinski definition) is 1. The van der Waals surface area contributed by atoms with Crippen LogP contribution in [-0.4, -0.2) is 52.1 Å². The van der Waals surface area contributed by atoms with Crippen LogP contribution in [0.1, 0.15) is 30.2 Å². The van der Waals surface area contributed by atoms with Crippen LogP contribution >= 0.6 is 35.1 Å². The van der Waals surface area contributed by atoms with Crippen molar-refractivity contribution in [3.05, 3.63) is 34.7 Å². The van der Waals surface area contributed by atoms with E-state index >= 15 is 0 Å². The van der Waals surface area contributed by atoms with E-state index in [0.717, 1.165) is 56.7 Å². The second-order valence-corrected chi connectivity index (χ2v) is 9.87. The first-order valence-electron chi connectivity index (χ1n) is 10.4. The molecular weight excluding hydrogens is 468 g/mol. The lowest BCUT2D eigenvalue weighted by atomic mass is 10.0. The zero-order valence-corrected chi connectivity index (χ0v) is 20.0. The maximum Gasteiger partial charge on any atom is 0.245 e. The largest absolute Gasteiger partial charge is 0.316 e. The molecule has 0 spiro atoms. The fraction of sp³-hybridized carbons (Fsp3) is 0.364. The van der Waals surface area contributed by atoms with Crippen LogP contribution in [0, 0.1) is 0 Å². The second kappa shape index (κ2) is 9.27. The van der Waals surface area contributed by atoms with Crippen LogP contribution in [0.25, 0.3) is 20.8 Å². The predicted octanol–water partition coefficient (Wildman–Crippen LogP) is 3.91. The van der Waals surface area contributed by atoms with Gasteiger partial charge in [-0.1, -0.05) is 19.1 Å². The number of halogens is 1. The van der Waals surface area contributed by atoms with Crippen molar-refractivity contribution >= 4 is 68.0 Å². The van der Waals surface area contributed by atoms with Gasteiger partial charge < -0.3 is 5.32 Å². The number of carbonyl (C=O) groups excluding carboxylic acids is 3. The third kappa shape index (κ3) is 4.17. The highest BCUT2D eigenvalue weighted by Gasteiger charge is 2.32. The summed E-state index contributed by atoms with van der Waals surface area (Å²) in [6.45, 7) is 4.73. The number of benzene rings is 1. The number of likely N-dealkylation sites (tertiary alicyclic amines) is 1. The molecule has 1 N–H and O–H groups in total. The summed E-state index contributed by atoms with van der Waals surface area (Å²) in [5.74, 6) is -0.914. The molecule has 10 heteroatoms. The monoisotopic (exact) mass is 490 g/mol. The molecule has 1 fully saturated rings. The Hall–Kier alpha value is -2.33. The molecule has 0 radical (unpaired) electrons. The molecule has 1 saturated heterocycles. The lowest BCUT2D eigenvalue weighted by Gasteiger charge is -2.25. The smallest absolute Gasteiger partial charge is 0.245 e. The number of aromatic nitrogens is 1.